The standard InChI is InChI=1S/C23H22BrN5S/c1-28-10-12-29(13-11-28)19-8-6-18(7-9-19)27-22-21-20(14-30-23(21)26-15-25-22)16-2-4-17(24)5-3-16/h2-9,14-15H,10-13H2,1H3,(H,25,26,27). The van der Waals surface area contributed by atoms with Gasteiger partial charge in [-0.15, -0.1) is 11.3 Å². The number of fused-ring (bicyclic) bond motifs is 1. The largest absolute Gasteiger partial charge is 0.369 e. The first kappa shape index (κ1) is 19.5. The molecular weight excluding hydrogens is 458 g/mol. The van der Waals surface area contributed by atoms with E-state index in [0.29, 0.717) is 0 Å². The predicted octanol–water partition coefficient (Wildman–Crippen LogP) is 5.62. The topological polar surface area (TPSA) is 44.3 Å². The van der Waals surface area contributed by atoms with Crippen molar-refractivity contribution in [3.8, 4) is 11.1 Å². The minimum Gasteiger partial charge on any atom is -0.369 e. The number of piperazine rings is 1. The Bertz CT molecular complexity index is 1150. The Kier molecular flexibility index (Phi) is 5.41. The Hall–Kier alpha value is -2.48. The molecule has 1 aliphatic heterocycles. The van der Waals surface area contributed by atoms with Crippen molar-refractivity contribution in [2.24, 2.45) is 0 Å². The zero-order valence-electron chi connectivity index (χ0n) is 16.7. The molecule has 1 fully saturated rings. The van der Waals surface area contributed by atoms with Gasteiger partial charge in [-0.05, 0) is 49.0 Å². The molecule has 2 aromatic carbocycles. The van der Waals surface area contributed by atoms with Crippen LogP contribution in [0, 0.1) is 0 Å². The van der Waals surface area contributed by atoms with Crippen molar-refractivity contribution in [2.45, 2.75) is 0 Å². The van der Waals surface area contributed by atoms with E-state index in [1.807, 2.05) is 0 Å². The number of hydrogen-bond acceptors (Lipinski definition) is 6. The number of aromatic nitrogens is 2. The number of rotatable bonds is 4. The molecule has 0 atom stereocenters. The summed E-state index contributed by atoms with van der Waals surface area (Å²) in [6.45, 7) is 4.36. The summed E-state index contributed by atoms with van der Waals surface area (Å²) in [7, 11) is 2.18. The van der Waals surface area contributed by atoms with Crippen LogP contribution in [-0.2, 0) is 0 Å². The second-order valence-corrected chi connectivity index (χ2v) is 9.29. The SMILES string of the molecule is CN1CCN(c2ccc(Nc3ncnc4scc(-c5ccc(Br)cc5)c34)cc2)CC1. The van der Waals surface area contributed by atoms with Gasteiger partial charge in [0.25, 0.3) is 0 Å². The van der Waals surface area contributed by atoms with Crippen molar-refractivity contribution >= 4 is 54.7 Å². The summed E-state index contributed by atoms with van der Waals surface area (Å²) in [5, 5.41) is 6.73. The van der Waals surface area contributed by atoms with Crippen LogP contribution in [0.1, 0.15) is 0 Å². The maximum atomic E-state index is 4.56. The van der Waals surface area contributed by atoms with Gasteiger partial charge in [0.2, 0.25) is 0 Å². The number of thiophene rings is 1. The summed E-state index contributed by atoms with van der Waals surface area (Å²) >= 11 is 5.16. The molecule has 0 saturated carbocycles. The Morgan fingerprint density at radius 3 is 2.40 bits per heavy atom. The van der Waals surface area contributed by atoms with Gasteiger partial charge < -0.3 is 15.1 Å². The number of nitrogens with zero attached hydrogens (tertiary/aromatic N) is 4. The molecule has 0 aliphatic carbocycles. The number of hydrogen-bond donors (Lipinski definition) is 1. The third kappa shape index (κ3) is 3.93. The van der Waals surface area contributed by atoms with Crippen LogP contribution in [0.5, 0.6) is 0 Å². The van der Waals surface area contributed by atoms with Crippen LogP contribution in [0.15, 0.2) is 64.7 Å². The van der Waals surface area contributed by atoms with Crippen LogP contribution in [0.25, 0.3) is 21.3 Å². The van der Waals surface area contributed by atoms with Gasteiger partial charge >= 0.3 is 0 Å². The van der Waals surface area contributed by atoms with Crippen LogP contribution < -0.4 is 10.2 Å². The first-order valence-electron chi connectivity index (χ1n) is 9.96. The molecule has 4 aromatic rings. The molecule has 1 saturated heterocycles. The molecule has 0 spiro atoms. The average molecular weight is 480 g/mol. The van der Waals surface area contributed by atoms with E-state index in [9.17, 15) is 0 Å². The molecule has 0 radical (unpaired) electrons. The molecule has 1 N–H and O–H groups in total. The number of halogens is 1. The average Bonchev–Trinajstić information content (AvgIpc) is 3.21. The first-order valence-corrected chi connectivity index (χ1v) is 11.6. The molecule has 1 aliphatic rings. The van der Waals surface area contributed by atoms with Gasteiger partial charge in [0.15, 0.2) is 0 Å². The van der Waals surface area contributed by atoms with Crippen molar-refractivity contribution in [3.63, 3.8) is 0 Å². The zero-order valence-corrected chi connectivity index (χ0v) is 19.1. The van der Waals surface area contributed by atoms with Crippen molar-refractivity contribution in [2.75, 3.05) is 43.4 Å². The van der Waals surface area contributed by atoms with E-state index in [-0.39, 0.29) is 0 Å². The Labute approximate surface area is 188 Å². The maximum absolute atomic E-state index is 4.56. The molecule has 0 amide bonds. The van der Waals surface area contributed by atoms with Gasteiger partial charge in [0, 0.05) is 53.0 Å². The van der Waals surface area contributed by atoms with Crippen LogP contribution >= 0.6 is 27.3 Å². The van der Waals surface area contributed by atoms with Crippen LogP contribution in [0.2, 0.25) is 0 Å². The Morgan fingerprint density at radius 1 is 0.933 bits per heavy atom. The van der Waals surface area contributed by atoms with Crippen molar-refractivity contribution in [3.05, 3.63) is 64.7 Å². The Morgan fingerprint density at radius 2 is 1.67 bits per heavy atom. The van der Waals surface area contributed by atoms with E-state index in [2.05, 4.69) is 102 Å². The molecule has 5 rings (SSSR count). The van der Waals surface area contributed by atoms with Gasteiger partial charge in [-0.25, -0.2) is 9.97 Å². The highest BCUT2D eigenvalue weighted by Crippen LogP contribution is 2.37. The first-order chi connectivity index (χ1) is 14.7. The number of likely N-dealkylation sites (N-methyl/N-ethyl adjacent to an activating group) is 1. The normalized spacial score (nSPS) is 14.9. The van der Waals surface area contributed by atoms with Gasteiger partial charge in [0.1, 0.15) is 17.0 Å². The van der Waals surface area contributed by atoms with Crippen LogP contribution in [0.4, 0.5) is 17.2 Å². The minimum atomic E-state index is 0.839. The molecule has 5 nitrogen and oxygen atoms in total. The van der Waals surface area contributed by atoms with Crippen LogP contribution in [-0.4, -0.2) is 48.1 Å². The van der Waals surface area contributed by atoms with Gasteiger partial charge in [-0.1, -0.05) is 28.1 Å². The number of benzene rings is 2. The highest BCUT2D eigenvalue weighted by atomic mass is 79.9. The molecule has 152 valence electrons. The minimum absolute atomic E-state index is 0.839. The van der Waals surface area contributed by atoms with E-state index in [4.69, 9.17) is 0 Å². The third-order valence-electron chi connectivity index (χ3n) is 5.52. The molecule has 30 heavy (non-hydrogen) atoms. The monoisotopic (exact) mass is 479 g/mol. The quantitative estimate of drug-likeness (QED) is 0.411. The highest BCUT2D eigenvalue weighted by Gasteiger charge is 2.15. The molecule has 2 aromatic heterocycles. The van der Waals surface area contributed by atoms with Gasteiger partial charge in [-0.2, -0.15) is 0 Å². The molecule has 7 heteroatoms. The summed E-state index contributed by atoms with van der Waals surface area (Å²) in [6.07, 6.45) is 1.63. The number of nitrogens with one attached hydrogen (secondary N) is 1. The summed E-state index contributed by atoms with van der Waals surface area (Å²) in [6, 6.07) is 17.0. The van der Waals surface area contributed by atoms with Gasteiger partial charge in [0.05, 0.1) is 5.39 Å². The van der Waals surface area contributed by atoms with E-state index in [1.54, 1.807) is 17.7 Å². The summed E-state index contributed by atoms with van der Waals surface area (Å²) in [5.74, 6) is 0.839. The fourth-order valence-electron chi connectivity index (χ4n) is 3.77. The summed E-state index contributed by atoms with van der Waals surface area (Å²) < 4.78 is 1.07. The molecule has 0 unspecified atom stereocenters. The van der Waals surface area contributed by atoms with Gasteiger partial charge in [-0.3, -0.25) is 0 Å². The lowest BCUT2D eigenvalue weighted by Crippen LogP contribution is -2.44. The Balaban J connectivity index is 1.43. The highest BCUT2D eigenvalue weighted by molar-refractivity contribution is 9.10. The lowest BCUT2D eigenvalue weighted by Gasteiger charge is -2.34. The molecule has 3 heterocycles. The van der Waals surface area contributed by atoms with E-state index in [1.165, 1.54) is 5.69 Å². The number of anilines is 3. The summed E-state index contributed by atoms with van der Waals surface area (Å²) in [5.41, 5.74) is 4.61. The van der Waals surface area contributed by atoms with Crippen LogP contribution in [0.3, 0.4) is 0 Å². The van der Waals surface area contributed by atoms with E-state index >= 15 is 0 Å². The summed E-state index contributed by atoms with van der Waals surface area (Å²) in [4.78, 5) is 14.8. The smallest absolute Gasteiger partial charge is 0.143 e. The third-order valence-corrected chi connectivity index (χ3v) is 6.94. The fraction of sp³-hybridized carbons (Fsp3) is 0.217. The maximum Gasteiger partial charge on any atom is 0.143 e. The van der Waals surface area contributed by atoms with Crippen molar-refractivity contribution in [1.82, 2.24) is 14.9 Å². The second-order valence-electron chi connectivity index (χ2n) is 7.52. The second kappa shape index (κ2) is 8.34. The van der Waals surface area contributed by atoms with E-state index < -0.39 is 0 Å². The molecular formula is C23H22BrN5S. The van der Waals surface area contributed by atoms with Crippen molar-refractivity contribution in [1.29, 1.82) is 0 Å². The molecule has 0 bridgehead atoms. The predicted molar refractivity (Wildman–Crippen MR) is 130 cm³/mol. The van der Waals surface area contributed by atoms with E-state index in [0.717, 1.165) is 63.5 Å². The fourth-order valence-corrected chi connectivity index (χ4v) is 4.95. The van der Waals surface area contributed by atoms with Crippen molar-refractivity contribution < 1.29 is 0 Å². The lowest BCUT2D eigenvalue weighted by atomic mass is 10.1. The lowest BCUT2D eigenvalue weighted by molar-refractivity contribution is 0.313. The zero-order chi connectivity index (χ0) is 20.5.